The third kappa shape index (κ3) is 3.82. The number of hydrogen-bond acceptors (Lipinski definition) is 6. The number of aliphatic hydroxyl groups is 1. The van der Waals surface area contributed by atoms with Crippen LogP contribution in [0.2, 0.25) is 0 Å². The van der Waals surface area contributed by atoms with Crippen molar-refractivity contribution < 1.29 is 17.9 Å². The van der Waals surface area contributed by atoms with E-state index in [1.54, 1.807) is 5.38 Å². The SMILES string of the molecule is CC1CCc2c(S(=O)(=O)N(C)CC(O)c3ccc(F)cc3)csc2C1N=O. The summed E-state index contributed by atoms with van der Waals surface area (Å²) in [5, 5.41) is 15.1. The zero-order valence-corrected chi connectivity index (χ0v) is 16.6. The van der Waals surface area contributed by atoms with Crippen LogP contribution in [0, 0.1) is 16.6 Å². The van der Waals surface area contributed by atoms with E-state index in [4.69, 9.17) is 0 Å². The van der Waals surface area contributed by atoms with Gasteiger partial charge in [0.2, 0.25) is 10.0 Å². The molecule has 0 bridgehead atoms. The van der Waals surface area contributed by atoms with Crippen LogP contribution < -0.4 is 0 Å². The maximum atomic E-state index is 13.0. The molecule has 3 atom stereocenters. The van der Waals surface area contributed by atoms with Crippen LogP contribution in [0.3, 0.4) is 0 Å². The summed E-state index contributed by atoms with van der Waals surface area (Å²) in [5.74, 6) is -0.341. The van der Waals surface area contributed by atoms with Gasteiger partial charge in [0.25, 0.3) is 0 Å². The van der Waals surface area contributed by atoms with Gasteiger partial charge >= 0.3 is 0 Å². The lowest BCUT2D eigenvalue weighted by molar-refractivity contribution is 0.155. The van der Waals surface area contributed by atoms with Crippen molar-refractivity contribution in [3.8, 4) is 0 Å². The Labute approximate surface area is 161 Å². The maximum Gasteiger partial charge on any atom is 0.244 e. The third-order valence-corrected chi connectivity index (χ3v) is 8.17. The molecule has 1 aromatic carbocycles. The Kier molecular flexibility index (Phi) is 5.76. The Hall–Kier alpha value is -1.68. The predicted octanol–water partition coefficient (Wildman–Crippen LogP) is 3.63. The first-order valence-corrected chi connectivity index (χ1v) is 10.9. The second-order valence-corrected chi connectivity index (χ2v) is 9.79. The number of likely N-dealkylation sites (N-methyl/N-ethyl adjacent to an activating group) is 1. The Bertz CT molecular complexity index is 927. The molecular weight excluding hydrogens is 391 g/mol. The molecule has 1 N–H and O–H groups in total. The van der Waals surface area contributed by atoms with E-state index in [2.05, 4.69) is 5.18 Å². The molecule has 0 spiro atoms. The van der Waals surface area contributed by atoms with Gasteiger partial charge < -0.3 is 5.11 Å². The van der Waals surface area contributed by atoms with Gasteiger partial charge in [0.1, 0.15) is 11.9 Å². The molecule has 6 nitrogen and oxygen atoms in total. The minimum atomic E-state index is -3.83. The third-order valence-electron chi connectivity index (χ3n) is 5.03. The van der Waals surface area contributed by atoms with Crippen molar-refractivity contribution in [3.63, 3.8) is 0 Å². The molecule has 0 saturated carbocycles. The Morgan fingerprint density at radius 3 is 2.67 bits per heavy atom. The van der Waals surface area contributed by atoms with E-state index < -0.39 is 28.0 Å². The zero-order chi connectivity index (χ0) is 19.8. The van der Waals surface area contributed by atoms with Crippen LogP contribution in [-0.2, 0) is 16.4 Å². The summed E-state index contributed by atoms with van der Waals surface area (Å²) < 4.78 is 40.1. The van der Waals surface area contributed by atoms with Gasteiger partial charge in [0.15, 0.2) is 0 Å². The van der Waals surface area contributed by atoms with Crippen LogP contribution in [0.15, 0.2) is 39.7 Å². The number of nitroso groups, excluding NO2 is 1. The van der Waals surface area contributed by atoms with E-state index >= 15 is 0 Å². The summed E-state index contributed by atoms with van der Waals surface area (Å²) in [4.78, 5) is 12.1. The standard InChI is InChI=1S/C18H21FN2O4S2/c1-11-3-8-14-16(10-26-18(14)17(11)20-23)27(24,25)21(2)9-15(22)12-4-6-13(19)7-5-12/h4-7,10-11,15,17,22H,3,8-9H2,1-2H3. The lowest BCUT2D eigenvalue weighted by Gasteiger charge is -2.25. The van der Waals surface area contributed by atoms with Crippen molar-refractivity contribution >= 4 is 21.4 Å². The molecule has 2 aromatic rings. The fourth-order valence-electron chi connectivity index (χ4n) is 3.33. The first-order valence-electron chi connectivity index (χ1n) is 8.58. The fourth-order valence-corrected chi connectivity index (χ4v) is 6.37. The molecule has 0 radical (unpaired) electrons. The summed E-state index contributed by atoms with van der Waals surface area (Å²) in [6.07, 6.45) is 0.198. The van der Waals surface area contributed by atoms with E-state index in [9.17, 15) is 22.8 Å². The second kappa shape index (κ2) is 7.75. The topological polar surface area (TPSA) is 87.0 Å². The van der Waals surface area contributed by atoms with Crippen LogP contribution in [0.25, 0.3) is 0 Å². The molecule has 9 heteroatoms. The van der Waals surface area contributed by atoms with E-state index in [-0.39, 0.29) is 17.4 Å². The Morgan fingerprint density at radius 2 is 2.04 bits per heavy atom. The number of thiophene rings is 1. The summed E-state index contributed by atoms with van der Waals surface area (Å²) in [7, 11) is -2.44. The highest BCUT2D eigenvalue weighted by Crippen LogP contribution is 2.43. The van der Waals surface area contributed by atoms with Crippen LogP contribution in [-0.4, -0.2) is 31.4 Å². The molecule has 1 aromatic heterocycles. The Morgan fingerprint density at radius 1 is 1.37 bits per heavy atom. The fraction of sp³-hybridized carbons (Fsp3) is 0.444. The molecule has 27 heavy (non-hydrogen) atoms. The molecule has 0 amide bonds. The summed E-state index contributed by atoms with van der Waals surface area (Å²) in [6, 6.07) is 4.77. The molecule has 0 aliphatic heterocycles. The lowest BCUT2D eigenvalue weighted by atomic mass is 9.86. The molecule has 1 aliphatic rings. The summed E-state index contributed by atoms with van der Waals surface area (Å²) >= 11 is 1.25. The van der Waals surface area contributed by atoms with Crippen molar-refractivity contribution in [3.05, 3.63) is 56.4 Å². The Balaban J connectivity index is 1.84. The smallest absolute Gasteiger partial charge is 0.244 e. The number of benzene rings is 1. The summed E-state index contributed by atoms with van der Waals surface area (Å²) in [6.45, 7) is 1.78. The molecule has 146 valence electrons. The van der Waals surface area contributed by atoms with Crippen molar-refractivity contribution in [2.45, 2.75) is 36.8 Å². The minimum absolute atomic E-state index is 0.0854. The van der Waals surface area contributed by atoms with Crippen molar-refractivity contribution in [1.29, 1.82) is 0 Å². The van der Waals surface area contributed by atoms with Crippen LogP contribution >= 0.6 is 11.3 Å². The maximum absolute atomic E-state index is 13.0. The second-order valence-electron chi connectivity index (χ2n) is 6.86. The number of hydrogen-bond donors (Lipinski definition) is 1. The highest BCUT2D eigenvalue weighted by molar-refractivity contribution is 7.89. The number of sulfonamides is 1. The first-order chi connectivity index (χ1) is 12.8. The molecule has 3 rings (SSSR count). The highest BCUT2D eigenvalue weighted by Gasteiger charge is 2.35. The van der Waals surface area contributed by atoms with E-state index in [0.717, 1.165) is 9.18 Å². The van der Waals surface area contributed by atoms with Crippen LogP contribution in [0.1, 0.15) is 41.5 Å². The zero-order valence-electron chi connectivity index (χ0n) is 15.0. The van der Waals surface area contributed by atoms with Gasteiger partial charge in [0, 0.05) is 23.8 Å². The van der Waals surface area contributed by atoms with Crippen LogP contribution in [0.5, 0.6) is 0 Å². The molecular formula is C18H21FN2O4S2. The van der Waals surface area contributed by atoms with Crippen molar-refractivity contribution in [1.82, 2.24) is 4.31 Å². The van der Waals surface area contributed by atoms with Gasteiger partial charge in [-0.15, -0.1) is 11.3 Å². The minimum Gasteiger partial charge on any atom is -0.387 e. The van der Waals surface area contributed by atoms with Gasteiger partial charge in [-0.2, -0.15) is 9.21 Å². The van der Waals surface area contributed by atoms with Gasteiger partial charge in [0.05, 0.1) is 11.0 Å². The number of halogens is 1. The number of fused-ring (bicyclic) bond motifs is 1. The average molecular weight is 413 g/mol. The highest BCUT2D eigenvalue weighted by atomic mass is 32.2. The number of nitrogens with zero attached hydrogens (tertiary/aromatic N) is 2. The van der Waals surface area contributed by atoms with Gasteiger partial charge in [-0.1, -0.05) is 24.2 Å². The summed E-state index contributed by atoms with van der Waals surface area (Å²) in [5.41, 5.74) is 1.09. The molecule has 1 aliphatic carbocycles. The van der Waals surface area contributed by atoms with Gasteiger partial charge in [-0.25, -0.2) is 12.8 Å². The molecule has 0 fully saturated rings. The monoisotopic (exact) mass is 412 g/mol. The number of rotatable bonds is 6. The van der Waals surface area contributed by atoms with Gasteiger partial charge in [-0.3, -0.25) is 0 Å². The molecule has 0 saturated heterocycles. The van der Waals surface area contributed by atoms with E-state index in [1.807, 2.05) is 6.92 Å². The molecule has 1 heterocycles. The van der Waals surface area contributed by atoms with Crippen LogP contribution in [0.4, 0.5) is 4.39 Å². The van der Waals surface area contributed by atoms with E-state index in [0.29, 0.717) is 24.0 Å². The van der Waals surface area contributed by atoms with Crippen molar-refractivity contribution in [2.24, 2.45) is 11.1 Å². The lowest BCUT2D eigenvalue weighted by Crippen LogP contribution is -2.32. The normalized spacial score (nSPS) is 21.1. The van der Waals surface area contributed by atoms with Gasteiger partial charge in [-0.05, 0) is 42.0 Å². The van der Waals surface area contributed by atoms with Crippen molar-refractivity contribution in [2.75, 3.05) is 13.6 Å². The first kappa shape index (κ1) is 20.1. The van der Waals surface area contributed by atoms with E-state index in [1.165, 1.54) is 42.6 Å². The average Bonchev–Trinajstić information content (AvgIpc) is 3.06. The predicted molar refractivity (Wildman–Crippen MR) is 102 cm³/mol. The molecule has 3 unspecified atom stereocenters. The largest absolute Gasteiger partial charge is 0.387 e. The number of aliphatic hydroxyl groups excluding tert-OH is 1. The quantitative estimate of drug-likeness (QED) is 0.734.